The van der Waals surface area contributed by atoms with E-state index in [0.29, 0.717) is 11.4 Å². The van der Waals surface area contributed by atoms with Crippen LogP contribution in [0.15, 0.2) is 54.6 Å². The fraction of sp³-hybridized carbons (Fsp3) is 0.143. The lowest BCUT2D eigenvalue weighted by Crippen LogP contribution is -2.21. The first-order valence-corrected chi connectivity index (χ1v) is 9.27. The molecule has 0 aliphatic heterocycles. The highest BCUT2D eigenvalue weighted by molar-refractivity contribution is 7.20. The molecule has 0 saturated carbocycles. The molecule has 4 rings (SSSR count). The lowest BCUT2D eigenvalue weighted by molar-refractivity contribution is 0.0955. The number of thiophene rings is 1. The van der Waals surface area contributed by atoms with Crippen LogP contribution in [-0.2, 0) is 6.54 Å². The van der Waals surface area contributed by atoms with Gasteiger partial charge in [0.25, 0.3) is 5.91 Å². The third kappa shape index (κ3) is 3.57. The number of nitrogens with one attached hydrogen (secondary N) is 1. The first kappa shape index (κ1) is 17.3. The van der Waals surface area contributed by atoms with Crippen molar-refractivity contribution in [2.45, 2.75) is 6.54 Å². The van der Waals surface area contributed by atoms with Gasteiger partial charge in [0.1, 0.15) is 16.3 Å². The average molecular weight is 378 g/mol. The Morgan fingerprint density at radius 1 is 0.963 bits per heavy atom. The van der Waals surface area contributed by atoms with Gasteiger partial charge in [0.15, 0.2) is 0 Å². The molecule has 2 aromatic carbocycles. The van der Waals surface area contributed by atoms with Crippen LogP contribution < -0.4 is 14.8 Å². The smallest absolute Gasteiger partial charge is 0.261 e. The van der Waals surface area contributed by atoms with Crippen LogP contribution >= 0.6 is 11.3 Å². The first-order valence-electron chi connectivity index (χ1n) is 8.46. The molecule has 0 aliphatic rings. The van der Waals surface area contributed by atoms with E-state index >= 15 is 0 Å². The van der Waals surface area contributed by atoms with Gasteiger partial charge in [0, 0.05) is 17.3 Å². The number of ether oxygens (including phenoxy) is 2. The van der Waals surface area contributed by atoms with Crippen molar-refractivity contribution in [3.05, 3.63) is 65.0 Å². The largest absolute Gasteiger partial charge is 0.497 e. The van der Waals surface area contributed by atoms with Crippen molar-refractivity contribution in [1.29, 1.82) is 0 Å². The van der Waals surface area contributed by atoms with Crippen LogP contribution in [0, 0.1) is 0 Å². The fourth-order valence-corrected chi connectivity index (χ4v) is 3.80. The van der Waals surface area contributed by atoms with Gasteiger partial charge in [-0.15, -0.1) is 11.3 Å². The van der Waals surface area contributed by atoms with Crippen LogP contribution in [0.25, 0.3) is 21.1 Å². The summed E-state index contributed by atoms with van der Waals surface area (Å²) in [6.07, 6.45) is 0. The number of carbonyl (C=O) groups excluding carboxylic acids is 1. The maximum atomic E-state index is 12.5. The zero-order chi connectivity index (χ0) is 18.8. The van der Waals surface area contributed by atoms with Crippen LogP contribution in [0.3, 0.4) is 0 Å². The Balaban J connectivity index is 1.55. The third-order valence-corrected chi connectivity index (χ3v) is 5.39. The van der Waals surface area contributed by atoms with Gasteiger partial charge in [-0.3, -0.25) is 4.79 Å². The van der Waals surface area contributed by atoms with Gasteiger partial charge in [-0.2, -0.15) is 0 Å². The Kier molecular flexibility index (Phi) is 4.64. The van der Waals surface area contributed by atoms with E-state index in [1.54, 1.807) is 14.2 Å². The molecule has 5 nitrogen and oxygen atoms in total. The van der Waals surface area contributed by atoms with Crippen molar-refractivity contribution in [1.82, 2.24) is 10.3 Å². The minimum absolute atomic E-state index is 0.101. The zero-order valence-corrected chi connectivity index (χ0v) is 15.8. The van der Waals surface area contributed by atoms with Crippen molar-refractivity contribution in [2.24, 2.45) is 0 Å². The summed E-state index contributed by atoms with van der Waals surface area (Å²) < 4.78 is 10.4. The molecule has 0 aliphatic carbocycles. The number of hydrogen-bond donors (Lipinski definition) is 1. The van der Waals surface area contributed by atoms with E-state index in [1.807, 2.05) is 54.6 Å². The van der Waals surface area contributed by atoms with Crippen molar-refractivity contribution in [3.8, 4) is 11.5 Å². The minimum Gasteiger partial charge on any atom is -0.497 e. The summed E-state index contributed by atoms with van der Waals surface area (Å²) in [5.41, 5.74) is 1.90. The summed E-state index contributed by atoms with van der Waals surface area (Å²) >= 11 is 1.40. The van der Waals surface area contributed by atoms with E-state index in [1.165, 1.54) is 11.3 Å². The van der Waals surface area contributed by atoms with Crippen LogP contribution in [0.2, 0.25) is 0 Å². The molecule has 0 saturated heterocycles. The number of amides is 1. The molecular formula is C21H18N2O3S. The lowest BCUT2D eigenvalue weighted by atomic mass is 10.2. The molecule has 0 atom stereocenters. The van der Waals surface area contributed by atoms with Gasteiger partial charge in [-0.05, 0) is 48.0 Å². The highest BCUT2D eigenvalue weighted by Gasteiger charge is 2.12. The SMILES string of the molecule is COc1ccc(CNC(=O)c2cc3cc4cc(OC)ccc4nc3s2)cc1. The van der Waals surface area contributed by atoms with E-state index < -0.39 is 0 Å². The summed E-state index contributed by atoms with van der Waals surface area (Å²) in [5.74, 6) is 1.48. The normalized spacial score (nSPS) is 10.9. The van der Waals surface area contributed by atoms with Crippen molar-refractivity contribution >= 4 is 38.4 Å². The molecule has 0 fully saturated rings. The molecule has 27 heavy (non-hydrogen) atoms. The molecule has 136 valence electrons. The molecular weight excluding hydrogens is 360 g/mol. The first-order chi connectivity index (χ1) is 13.2. The van der Waals surface area contributed by atoms with Crippen LogP contribution in [0.1, 0.15) is 15.2 Å². The molecule has 1 amide bonds. The highest BCUT2D eigenvalue weighted by atomic mass is 32.1. The predicted octanol–water partition coefficient (Wildman–Crippen LogP) is 4.40. The summed E-state index contributed by atoms with van der Waals surface area (Å²) in [5, 5.41) is 4.90. The summed E-state index contributed by atoms with van der Waals surface area (Å²) in [6.45, 7) is 0.462. The highest BCUT2D eigenvalue weighted by Crippen LogP contribution is 2.29. The fourth-order valence-electron chi connectivity index (χ4n) is 2.86. The molecule has 1 N–H and O–H groups in total. The molecule has 0 spiro atoms. The number of aromatic nitrogens is 1. The number of hydrogen-bond acceptors (Lipinski definition) is 5. The van der Waals surface area contributed by atoms with Gasteiger partial charge >= 0.3 is 0 Å². The molecule has 4 aromatic rings. The van der Waals surface area contributed by atoms with E-state index in [0.717, 1.165) is 38.2 Å². The minimum atomic E-state index is -0.101. The van der Waals surface area contributed by atoms with Crippen molar-refractivity contribution in [3.63, 3.8) is 0 Å². The van der Waals surface area contributed by atoms with Crippen molar-refractivity contribution in [2.75, 3.05) is 14.2 Å². The second-order valence-corrected chi connectivity index (χ2v) is 7.11. The van der Waals surface area contributed by atoms with E-state index in [9.17, 15) is 4.79 Å². The summed E-state index contributed by atoms with van der Waals surface area (Å²) in [7, 11) is 3.27. The van der Waals surface area contributed by atoms with Crippen LogP contribution in [0.4, 0.5) is 0 Å². The van der Waals surface area contributed by atoms with Gasteiger partial charge in [-0.1, -0.05) is 12.1 Å². The maximum absolute atomic E-state index is 12.5. The molecule has 0 radical (unpaired) electrons. The number of nitrogens with zero attached hydrogens (tertiary/aromatic N) is 1. The summed E-state index contributed by atoms with van der Waals surface area (Å²) in [4.78, 5) is 18.7. The predicted molar refractivity (Wildman–Crippen MR) is 108 cm³/mol. The molecule has 0 unspecified atom stereocenters. The molecule has 0 bridgehead atoms. The Labute approximate surface area is 160 Å². The summed E-state index contributed by atoms with van der Waals surface area (Å²) in [6, 6.07) is 17.3. The second kappa shape index (κ2) is 7.25. The zero-order valence-electron chi connectivity index (χ0n) is 15.0. The number of benzene rings is 2. The third-order valence-electron chi connectivity index (χ3n) is 4.34. The number of fused-ring (bicyclic) bond motifs is 2. The van der Waals surface area contributed by atoms with Crippen LogP contribution in [-0.4, -0.2) is 25.1 Å². The standard InChI is InChI=1S/C21H18N2O3S/c1-25-16-5-3-13(4-6-16)12-22-20(24)19-11-15-9-14-10-17(26-2)7-8-18(14)23-21(15)27-19/h3-11H,12H2,1-2H3,(H,22,24). The Morgan fingerprint density at radius 2 is 1.70 bits per heavy atom. The van der Waals surface area contributed by atoms with Gasteiger partial charge in [0.2, 0.25) is 0 Å². The molecule has 2 aromatic heterocycles. The van der Waals surface area contributed by atoms with Gasteiger partial charge < -0.3 is 14.8 Å². The number of carbonyl (C=O) groups is 1. The molecule has 6 heteroatoms. The van der Waals surface area contributed by atoms with E-state index in [4.69, 9.17) is 9.47 Å². The van der Waals surface area contributed by atoms with Crippen molar-refractivity contribution < 1.29 is 14.3 Å². The second-order valence-electron chi connectivity index (χ2n) is 6.08. The van der Waals surface area contributed by atoms with Gasteiger partial charge in [0.05, 0.1) is 24.6 Å². The Bertz CT molecular complexity index is 1120. The van der Waals surface area contributed by atoms with E-state index in [-0.39, 0.29) is 5.91 Å². The quantitative estimate of drug-likeness (QED) is 0.559. The van der Waals surface area contributed by atoms with Gasteiger partial charge in [-0.25, -0.2) is 4.98 Å². The molecule has 2 heterocycles. The van der Waals surface area contributed by atoms with Crippen LogP contribution in [0.5, 0.6) is 11.5 Å². The lowest BCUT2D eigenvalue weighted by Gasteiger charge is -2.05. The Morgan fingerprint density at radius 3 is 2.44 bits per heavy atom. The number of pyridine rings is 1. The van der Waals surface area contributed by atoms with E-state index in [2.05, 4.69) is 10.3 Å². The average Bonchev–Trinajstić information content (AvgIpc) is 3.13. The Hall–Kier alpha value is -3.12. The number of methoxy groups -OCH3 is 2. The monoisotopic (exact) mass is 378 g/mol. The number of rotatable bonds is 5. The topological polar surface area (TPSA) is 60.5 Å². The maximum Gasteiger partial charge on any atom is 0.261 e.